The maximum Gasteiger partial charge on any atom is 0.460 e. The fraction of sp³-hybridized carbons (Fsp3) is 1.00. The molecule has 0 radical (unpaired) electrons. The summed E-state index contributed by atoms with van der Waals surface area (Å²) < 4.78 is 173. The van der Waals surface area contributed by atoms with Gasteiger partial charge in [0.25, 0.3) is 0 Å². The zero-order valence-electron chi connectivity index (χ0n) is 19.7. The Morgan fingerprint density at radius 2 is 1.00 bits per heavy atom. The van der Waals surface area contributed by atoms with Crippen molar-refractivity contribution in [3.8, 4) is 0 Å². The van der Waals surface area contributed by atoms with Crippen molar-refractivity contribution in [3.63, 3.8) is 0 Å². The van der Waals surface area contributed by atoms with Crippen LogP contribution in [0.3, 0.4) is 0 Å². The zero-order valence-corrected chi connectivity index (χ0v) is 19.7. The largest absolute Gasteiger partial charge is 0.460 e. The maximum atomic E-state index is 14.2. The molecule has 0 aromatic carbocycles. The van der Waals surface area contributed by atoms with E-state index < -0.39 is 48.1 Å². The molecule has 0 bridgehead atoms. The molecule has 2 aliphatic carbocycles. The molecule has 2 fully saturated rings. The predicted octanol–water partition coefficient (Wildman–Crippen LogP) is 9.92. The molecule has 214 valence electrons. The zero-order chi connectivity index (χ0) is 27.8. The third kappa shape index (κ3) is 5.59. The Labute approximate surface area is 201 Å². The molecule has 2 saturated carbocycles. The van der Waals surface area contributed by atoms with E-state index in [1.54, 1.807) is 0 Å². The van der Waals surface area contributed by atoms with Gasteiger partial charge in [0.05, 0.1) is 0 Å². The molecule has 0 aromatic rings. The summed E-state index contributed by atoms with van der Waals surface area (Å²) in [5.74, 6) is -37.8. The fourth-order valence-electron chi connectivity index (χ4n) is 5.54. The molecule has 0 heterocycles. The molecule has 0 aliphatic heterocycles. The van der Waals surface area contributed by atoms with Gasteiger partial charge in [-0.1, -0.05) is 64.7 Å². The molecule has 2 rings (SSSR count). The van der Waals surface area contributed by atoms with Crippen molar-refractivity contribution in [1.82, 2.24) is 0 Å². The average molecular weight is 554 g/mol. The lowest BCUT2D eigenvalue weighted by molar-refractivity contribution is -0.443. The van der Waals surface area contributed by atoms with Crippen LogP contribution in [0, 0.1) is 23.7 Å². The predicted molar refractivity (Wildman–Crippen MR) is 106 cm³/mol. The van der Waals surface area contributed by atoms with Gasteiger partial charge in [-0.15, -0.1) is 0 Å². The SMILES string of the molecule is CC(CCCC1CCC(C2CCCCC2)CC1)C(F)(F)C(F)(F)C(F)(F)C(F)(F)C(F)(F)C(F)(F)F. The summed E-state index contributed by atoms with van der Waals surface area (Å²) in [4.78, 5) is 0. The van der Waals surface area contributed by atoms with Gasteiger partial charge in [-0.2, -0.15) is 57.1 Å². The van der Waals surface area contributed by atoms with Crippen molar-refractivity contribution >= 4 is 0 Å². The lowest BCUT2D eigenvalue weighted by atomic mass is 9.70. The van der Waals surface area contributed by atoms with Gasteiger partial charge in [0.15, 0.2) is 0 Å². The number of alkyl halides is 13. The van der Waals surface area contributed by atoms with Gasteiger partial charge >= 0.3 is 35.8 Å². The van der Waals surface area contributed by atoms with E-state index >= 15 is 0 Å². The van der Waals surface area contributed by atoms with Crippen LogP contribution in [0.2, 0.25) is 0 Å². The first-order valence-electron chi connectivity index (χ1n) is 12.2. The van der Waals surface area contributed by atoms with Crippen LogP contribution in [-0.4, -0.2) is 35.8 Å². The Bertz CT molecular complexity index is 699. The summed E-state index contributed by atoms with van der Waals surface area (Å²) in [6, 6.07) is 0. The van der Waals surface area contributed by atoms with E-state index in [-0.39, 0.29) is 12.3 Å². The molecular weight excluding hydrogens is 523 g/mol. The summed E-state index contributed by atoms with van der Waals surface area (Å²) in [7, 11) is 0. The van der Waals surface area contributed by atoms with Gasteiger partial charge in [0.1, 0.15) is 0 Å². The quantitative estimate of drug-likeness (QED) is 0.236. The number of hydrogen-bond donors (Lipinski definition) is 0. The van der Waals surface area contributed by atoms with Gasteiger partial charge in [-0.05, 0) is 37.0 Å². The van der Waals surface area contributed by atoms with Crippen LogP contribution >= 0.6 is 0 Å². The summed E-state index contributed by atoms with van der Waals surface area (Å²) in [5, 5.41) is 0. The van der Waals surface area contributed by atoms with Crippen LogP contribution in [0.25, 0.3) is 0 Å². The Morgan fingerprint density at radius 3 is 1.47 bits per heavy atom. The topological polar surface area (TPSA) is 0 Å². The van der Waals surface area contributed by atoms with Crippen molar-refractivity contribution in [2.75, 3.05) is 0 Å². The summed E-state index contributed by atoms with van der Waals surface area (Å²) in [6.07, 6.45) is 1.23. The molecule has 2 aliphatic rings. The van der Waals surface area contributed by atoms with Gasteiger partial charge in [0.2, 0.25) is 0 Å². The average Bonchev–Trinajstić information content (AvgIpc) is 2.78. The van der Waals surface area contributed by atoms with Crippen molar-refractivity contribution in [3.05, 3.63) is 0 Å². The van der Waals surface area contributed by atoms with E-state index in [0.717, 1.165) is 38.5 Å². The highest BCUT2D eigenvalue weighted by atomic mass is 19.4. The summed E-state index contributed by atoms with van der Waals surface area (Å²) in [6.45, 7) is 0.351. The molecule has 0 saturated heterocycles. The van der Waals surface area contributed by atoms with Crippen LogP contribution in [0.15, 0.2) is 0 Å². The van der Waals surface area contributed by atoms with E-state index in [1.165, 1.54) is 19.3 Å². The van der Waals surface area contributed by atoms with Crippen molar-refractivity contribution < 1.29 is 57.1 Å². The minimum absolute atomic E-state index is 0.0856. The van der Waals surface area contributed by atoms with Crippen LogP contribution in [0.4, 0.5) is 57.1 Å². The second-order valence-corrected chi connectivity index (χ2v) is 10.4. The van der Waals surface area contributed by atoms with E-state index in [9.17, 15) is 57.1 Å². The Morgan fingerprint density at radius 1 is 0.556 bits per heavy atom. The Kier molecular flexibility index (Phi) is 9.30. The molecule has 36 heavy (non-hydrogen) atoms. The first kappa shape index (κ1) is 31.3. The minimum atomic E-state index is -7.83. The number of hydrogen-bond acceptors (Lipinski definition) is 0. The number of halogens is 13. The highest BCUT2D eigenvalue weighted by Gasteiger charge is 2.91. The van der Waals surface area contributed by atoms with Gasteiger partial charge in [-0.25, -0.2) is 0 Å². The van der Waals surface area contributed by atoms with Crippen molar-refractivity contribution in [2.45, 2.75) is 120 Å². The smallest absolute Gasteiger partial charge is 0.199 e. The molecule has 0 aromatic heterocycles. The first-order chi connectivity index (χ1) is 16.2. The van der Waals surface area contributed by atoms with Crippen LogP contribution in [0.5, 0.6) is 0 Å². The Hall–Kier alpha value is -0.910. The fourth-order valence-corrected chi connectivity index (χ4v) is 5.54. The highest BCUT2D eigenvalue weighted by molar-refractivity contribution is 5.11. The van der Waals surface area contributed by atoms with E-state index in [2.05, 4.69) is 0 Å². The van der Waals surface area contributed by atoms with Gasteiger partial charge in [0, 0.05) is 5.92 Å². The second-order valence-electron chi connectivity index (χ2n) is 10.4. The second kappa shape index (κ2) is 10.7. The lowest BCUT2D eigenvalue weighted by Crippen LogP contribution is -2.70. The lowest BCUT2D eigenvalue weighted by Gasteiger charge is -2.41. The molecule has 1 unspecified atom stereocenters. The monoisotopic (exact) mass is 554 g/mol. The molecular formula is C23H31F13. The van der Waals surface area contributed by atoms with E-state index in [4.69, 9.17) is 0 Å². The summed E-state index contributed by atoms with van der Waals surface area (Å²) in [5.41, 5.74) is 0. The van der Waals surface area contributed by atoms with Crippen LogP contribution in [-0.2, 0) is 0 Å². The first-order valence-corrected chi connectivity index (χ1v) is 12.2. The standard InChI is InChI=1S/C23H31F13/c1-14(6-5-7-15-10-12-17(13-11-15)16-8-3-2-4-9-16)18(24,25)19(26,27)20(28,29)21(30,31)22(32,33)23(34,35)36/h14-17H,2-13H2,1H3. The molecule has 1 atom stereocenters. The normalized spacial score (nSPS) is 25.2. The summed E-state index contributed by atoms with van der Waals surface area (Å²) >= 11 is 0. The molecule has 13 heteroatoms. The van der Waals surface area contributed by atoms with E-state index in [0.29, 0.717) is 25.2 Å². The molecule has 0 nitrogen and oxygen atoms in total. The maximum absolute atomic E-state index is 14.2. The van der Waals surface area contributed by atoms with Crippen molar-refractivity contribution in [1.29, 1.82) is 0 Å². The van der Waals surface area contributed by atoms with Crippen molar-refractivity contribution in [2.24, 2.45) is 23.7 Å². The number of rotatable bonds is 10. The molecule has 0 N–H and O–H groups in total. The third-order valence-electron chi connectivity index (χ3n) is 8.03. The highest BCUT2D eigenvalue weighted by Crippen LogP contribution is 2.61. The minimum Gasteiger partial charge on any atom is -0.199 e. The van der Waals surface area contributed by atoms with Crippen LogP contribution in [0.1, 0.15) is 84.0 Å². The van der Waals surface area contributed by atoms with Gasteiger partial charge < -0.3 is 0 Å². The molecule has 0 spiro atoms. The van der Waals surface area contributed by atoms with Gasteiger partial charge in [-0.3, -0.25) is 0 Å². The third-order valence-corrected chi connectivity index (χ3v) is 8.03. The molecule has 0 amide bonds. The van der Waals surface area contributed by atoms with E-state index in [1.807, 2.05) is 0 Å². The van der Waals surface area contributed by atoms with Crippen LogP contribution < -0.4 is 0 Å². The Balaban J connectivity index is 1.98.